The zero-order chi connectivity index (χ0) is 27.7. The van der Waals surface area contributed by atoms with E-state index >= 15 is 0 Å². The molecule has 1 aliphatic carbocycles. The van der Waals surface area contributed by atoms with E-state index in [1.54, 1.807) is 17.6 Å². The smallest absolute Gasteiger partial charge is 0.309 e. The van der Waals surface area contributed by atoms with E-state index in [1.807, 2.05) is 37.3 Å². The van der Waals surface area contributed by atoms with Gasteiger partial charge in [-0.1, -0.05) is 29.8 Å². The zero-order valence-corrected chi connectivity index (χ0v) is 23.4. The van der Waals surface area contributed by atoms with E-state index in [-0.39, 0.29) is 11.8 Å². The van der Waals surface area contributed by atoms with Gasteiger partial charge in [-0.3, -0.25) is 13.9 Å². The van der Waals surface area contributed by atoms with Crippen molar-refractivity contribution in [2.24, 2.45) is 5.41 Å². The number of nitrogens with zero attached hydrogens (tertiary/aromatic N) is 2. The van der Waals surface area contributed by atoms with Gasteiger partial charge < -0.3 is 19.6 Å². The summed E-state index contributed by atoms with van der Waals surface area (Å²) in [5.74, 6) is 0.234. The van der Waals surface area contributed by atoms with Crippen LogP contribution >= 0.6 is 0 Å². The lowest BCUT2D eigenvalue weighted by atomic mass is 9.76. The number of carboxylic acid groups (broad SMARTS) is 1. The molecule has 1 unspecified atom stereocenters. The van der Waals surface area contributed by atoms with Crippen LogP contribution in [0.15, 0.2) is 34.7 Å². The average Bonchev–Trinajstić information content (AvgIpc) is 3.71. The molecule has 39 heavy (non-hydrogen) atoms. The molecule has 2 aromatic heterocycles. The molecule has 1 saturated heterocycles. The Morgan fingerprint density at radius 3 is 2.49 bits per heavy atom. The van der Waals surface area contributed by atoms with Crippen LogP contribution in [0.25, 0.3) is 22.4 Å². The molecule has 0 radical (unpaired) electrons. The monoisotopic (exact) mass is 553 g/mol. The Kier molecular flexibility index (Phi) is 7.77. The Hall–Kier alpha value is -3.24. The molecule has 10 heteroatoms. The quantitative estimate of drug-likeness (QED) is 0.370. The Morgan fingerprint density at radius 1 is 1.21 bits per heavy atom. The molecule has 3 aromatic rings. The van der Waals surface area contributed by atoms with E-state index in [2.05, 4.69) is 5.32 Å². The number of pyridine rings is 1. The molecule has 0 bridgehead atoms. The number of anilines is 1. The van der Waals surface area contributed by atoms with E-state index in [0.29, 0.717) is 73.7 Å². The molecule has 5 rings (SSSR count). The largest absolute Gasteiger partial charge is 0.481 e. The number of amides is 1. The van der Waals surface area contributed by atoms with Gasteiger partial charge >= 0.3 is 5.97 Å². The molecule has 3 heterocycles. The first-order valence-electron chi connectivity index (χ1n) is 13.4. The number of rotatable bonds is 10. The summed E-state index contributed by atoms with van der Waals surface area (Å²) >= 11 is 0. The highest BCUT2D eigenvalue weighted by atomic mass is 32.2. The van der Waals surface area contributed by atoms with Crippen LogP contribution in [0.1, 0.15) is 65.9 Å². The number of carbonyl (C=O) groups is 2. The van der Waals surface area contributed by atoms with Crippen LogP contribution in [0, 0.1) is 12.3 Å². The Balaban J connectivity index is 1.53. The fourth-order valence-corrected chi connectivity index (χ4v) is 6.21. The van der Waals surface area contributed by atoms with Crippen LogP contribution in [-0.2, 0) is 20.5 Å². The summed E-state index contributed by atoms with van der Waals surface area (Å²) in [6.07, 6.45) is 5.57. The van der Waals surface area contributed by atoms with Crippen molar-refractivity contribution in [3.63, 3.8) is 0 Å². The van der Waals surface area contributed by atoms with Gasteiger partial charge in [0.25, 0.3) is 5.91 Å². The number of furan rings is 1. The molecule has 2 aliphatic rings. The topological polar surface area (TPSA) is 122 Å². The number of carbonyl (C=O) groups excluding carboxylic acids is 1. The predicted octanol–water partition coefficient (Wildman–Crippen LogP) is 4.80. The number of carboxylic acids is 1. The summed E-state index contributed by atoms with van der Waals surface area (Å²) in [6.45, 7) is 3.27. The maximum atomic E-state index is 13.0. The molecule has 1 aromatic carbocycles. The molecule has 0 spiro atoms. The van der Waals surface area contributed by atoms with Crippen molar-refractivity contribution in [3.8, 4) is 11.3 Å². The van der Waals surface area contributed by atoms with Crippen molar-refractivity contribution in [2.45, 2.75) is 51.4 Å². The molecule has 2 fully saturated rings. The van der Waals surface area contributed by atoms with E-state index in [1.165, 1.54) is 0 Å². The van der Waals surface area contributed by atoms with Crippen LogP contribution in [0.3, 0.4) is 0 Å². The number of hydrogen-bond donors (Lipinski definition) is 2. The van der Waals surface area contributed by atoms with E-state index in [9.17, 15) is 18.9 Å². The van der Waals surface area contributed by atoms with Gasteiger partial charge in [-0.2, -0.15) is 4.98 Å². The molecule has 9 nitrogen and oxygen atoms in total. The molecule has 208 valence electrons. The third-order valence-corrected chi connectivity index (χ3v) is 8.92. The first-order chi connectivity index (χ1) is 18.7. The summed E-state index contributed by atoms with van der Waals surface area (Å²) in [7, 11) is 0.194. The van der Waals surface area contributed by atoms with Crippen molar-refractivity contribution < 1.29 is 28.1 Å². The lowest BCUT2D eigenvalue weighted by Crippen LogP contribution is -2.38. The highest BCUT2D eigenvalue weighted by molar-refractivity contribution is 7.85. The fourth-order valence-electron chi connectivity index (χ4n) is 5.43. The minimum atomic E-state index is -1.40. The highest BCUT2D eigenvalue weighted by Gasteiger charge is 2.40. The number of fused-ring (bicyclic) bond motifs is 1. The summed E-state index contributed by atoms with van der Waals surface area (Å²) in [4.78, 5) is 30.0. The Morgan fingerprint density at radius 2 is 1.90 bits per heavy atom. The number of ether oxygens (including phenoxy) is 1. The minimum Gasteiger partial charge on any atom is -0.481 e. The normalized spacial score (nSPS) is 17.6. The molecule has 1 saturated carbocycles. The Bertz CT molecular complexity index is 1410. The van der Waals surface area contributed by atoms with Crippen molar-refractivity contribution in [3.05, 3.63) is 47.0 Å². The molecular weight excluding hydrogens is 518 g/mol. The van der Waals surface area contributed by atoms with Gasteiger partial charge in [-0.05, 0) is 63.0 Å². The number of aliphatic carboxylic acids is 1. The molecule has 2 N–H and O–H groups in total. The maximum absolute atomic E-state index is 13.0. The molecule has 1 amide bonds. The highest BCUT2D eigenvalue weighted by Crippen LogP contribution is 2.47. The van der Waals surface area contributed by atoms with Gasteiger partial charge in [0.15, 0.2) is 0 Å². The lowest BCUT2D eigenvalue weighted by molar-refractivity contribution is -0.155. The van der Waals surface area contributed by atoms with Gasteiger partial charge in [0.2, 0.25) is 5.71 Å². The third-order valence-electron chi connectivity index (χ3n) is 7.94. The van der Waals surface area contributed by atoms with Crippen LogP contribution < -0.4 is 9.62 Å². The average molecular weight is 554 g/mol. The number of hydrogen-bond acceptors (Lipinski definition) is 6. The van der Waals surface area contributed by atoms with Crippen molar-refractivity contribution >= 4 is 39.8 Å². The van der Waals surface area contributed by atoms with E-state index in [0.717, 1.165) is 29.5 Å². The van der Waals surface area contributed by atoms with E-state index < -0.39 is 22.4 Å². The summed E-state index contributed by atoms with van der Waals surface area (Å²) in [5, 5.41) is 13.3. The van der Waals surface area contributed by atoms with Gasteiger partial charge in [0.05, 0.1) is 16.4 Å². The van der Waals surface area contributed by atoms with Crippen LogP contribution in [0.2, 0.25) is 0 Å². The van der Waals surface area contributed by atoms with Crippen molar-refractivity contribution in [1.29, 1.82) is 0 Å². The van der Waals surface area contributed by atoms with Gasteiger partial charge in [-0.15, -0.1) is 0 Å². The predicted molar refractivity (Wildman–Crippen MR) is 150 cm³/mol. The number of aromatic nitrogens is 1. The second-order valence-electron chi connectivity index (χ2n) is 10.6. The number of nitrogens with one attached hydrogen (secondary N) is 1. The minimum absolute atomic E-state index is 0.257. The van der Waals surface area contributed by atoms with Gasteiger partial charge in [-0.25, -0.2) is 4.21 Å². The summed E-state index contributed by atoms with van der Waals surface area (Å²) in [6, 6.07) is 9.75. The zero-order valence-electron chi connectivity index (χ0n) is 22.6. The van der Waals surface area contributed by atoms with Crippen LogP contribution in [-0.4, -0.2) is 59.2 Å². The van der Waals surface area contributed by atoms with Crippen molar-refractivity contribution in [2.75, 3.05) is 37.4 Å². The van der Waals surface area contributed by atoms with Crippen LogP contribution in [0.4, 0.5) is 5.82 Å². The van der Waals surface area contributed by atoms with Gasteiger partial charge in [0, 0.05) is 38.6 Å². The molecule has 1 aliphatic heterocycles. The lowest BCUT2D eigenvalue weighted by Gasteiger charge is -2.33. The summed E-state index contributed by atoms with van der Waals surface area (Å²) in [5.41, 5.74) is 2.74. The second-order valence-corrected chi connectivity index (χ2v) is 11.9. The molecular formula is C29H35N3O6S. The second kappa shape index (κ2) is 11.1. The summed E-state index contributed by atoms with van der Waals surface area (Å²) < 4.78 is 26.4. The Labute approximate surface area is 230 Å². The van der Waals surface area contributed by atoms with Crippen molar-refractivity contribution in [1.82, 2.24) is 10.3 Å². The fraction of sp³-hybridized carbons (Fsp3) is 0.483. The third kappa shape index (κ3) is 5.45. The molecule has 1 atom stereocenters. The van der Waals surface area contributed by atoms with Gasteiger partial charge in [0.1, 0.15) is 22.6 Å². The first-order valence-corrected chi connectivity index (χ1v) is 14.9. The number of benzene rings is 1. The standard InChI is InChI=1S/C29H35N3O6S/c1-18-5-7-20(8-6-18)24-23(26(33)30-2)22-17-21(19-9-10-19)25(31-27(22)38-24)32(39(3)36)14-4-11-29(28(34)35)12-15-37-16-13-29/h5-8,17,19H,4,9-16H2,1-3H3,(H,30,33)(H,34,35). The van der Waals surface area contributed by atoms with Crippen LogP contribution in [0.5, 0.6) is 0 Å². The maximum Gasteiger partial charge on any atom is 0.309 e. The SMILES string of the molecule is CNC(=O)c1c(-c2ccc(C)cc2)oc2nc(N(CCCC3(C(=O)O)CCOCC3)S(C)=O)c(C3CC3)cc12. The van der Waals surface area contributed by atoms with E-state index in [4.69, 9.17) is 14.1 Å². The number of aryl methyl sites for hydroxylation is 1. The first kappa shape index (κ1) is 27.3.